The zero-order valence-corrected chi connectivity index (χ0v) is 26.0. The van der Waals surface area contributed by atoms with E-state index in [4.69, 9.17) is 9.47 Å². The summed E-state index contributed by atoms with van der Waals surface area (Å²) in [7, 11) is 0. The van der Waals surface area contributed by atoms with E-state index in [-0.39, 0.29) is 56.0 Å². The third-order valence-corrected chi connectivity index (χ3v) is 7.08. The van der Waals surface area contributed by atoms with Crippen LogP contribution in [0.25, 0.3) is 0 Å². The predicted octanol–water partition coefficient (Wildman–Crippen LogP) is 3.44. The van der Waals surface area contributed by atoms with Gasteiger partial charge in [0, 0.05) is 25.7 Å². The molecule has 2 heterocycles. The Labute approximate surface area is 258 Å². The van der Waals surface area contributed by atoms with Gasteiger partial charge in [0.05, 0.1) is 18.7 Å². The van der Waals surface area contributed by atoms with Crippen molar-refractivity contribution in [2.75, 3.05) is 31.6 Å². The molecule has 3 amide bonds. The van der Waals surface area contributed by atoms with Gasteiger partial charge < -0.3 is 35.4 Å². The van der Waals surface area contributed by atoms with Crippen LogP contribution in [0, 0.1) is 11.3 Å². The van der Waals surface area contributed by atoms with Gasteiger partial charge in [-0.15, -0.1) is 0 Å². The normalized spacial score (nSPS) is 17.8. The lowest BCUT2D eigenvalue weighted by molar-refractivity contribution is -0.142. The number of hydrogen-bond acceptors (Lipinski definition) is 8. The maximum atomic E-state index is 13.0. The average molecular weight is 612 g/mol. The van der Waals surface area contributed by atoms with Gasteiger partial charge in [0.1, 0.15) is 25.1 Å². The van der Waals surface area contributed by atoms with Gasteiger partial charge in [-0.2, -0.15) is 0 Å². The van der Waals surface area contributed by atoms with Crippen molar-refractivity contribution in [2.24, 2.45) is 11.3 Å². The number of carboxylic acid groups (broad SMARTS) is 1. The van der Waals surface area contributed by atoms with Gasteiger partial charge in [-0.3, -0.25) is 9.59 Å². The third kappa shape index (κ3) is 12.2. The molecule has 1 saturated heterocycles. The summed E-state index contributed by atoms with van der Waals surface area (Å²) in [4.78, 5) is 55.5. The Morgan fingerprint density at radius 1 is 1.07 bits per heavy atom. The Kier molecular flexibility index (Phi) is 12.9. The van der Waals surface area contributed by atoms with Gasteiger partial charge in [-0.1, -0.05) is 64.1 Å². The molecule has 1 aromatic carbocycles. The van der Waals surface area contributed by atoms with Crippen LogP contribution < -0.4 is 16.0 Å². The first-order chi connectivity index (χ1) is 20.9. The number of hydrogen-bond donors (Lipinski definition) is 4. The molecule has 4 atom stereocenters. The molecule has 44 heavy (non-hydrogen) atoms. The largest absolute Gasteiger partial charge is 0.480 e. The monoisotopic (exact) mass is 611 g/mol. The first-order valence-electron chi connectivity index (χ1n) is 14.9. The zero-order chi connectivity index (χ0) is 32.1. The van der Waals surface area contributed by atoms with Crippen LogP contribution in [0.2, 0.25) is 0 Å². The maximum Gasteiger partial charge on any atom is 0.410 e. The van der Waals surface area contributed by atoms with Gasteiger partial charge in [-0.05, 0) is 41.9 Å². The number of benzene rings is 1. The van der Waals surface area contributed by atoms with Crippen LogP contribution in [0.3, 0.4) is 0 Å². The highest BCUT2D eigenvalue weighted by molar-refractivity contribution is 5.85. The summed E-state index contributed by atoms with van der Waals surface area (Å²) >= 11 is 0. The number of carbonyl (C=O) groups is 4. The number of nitrogens with one attached hydrogen (secondary N) is 3. The molecule has 4 N–H and O–H groups in total. The van der Waals surface area contributed by atoms with Crippen molar-refractivity contribution in [1.29, 1.82) is 0 Å². The van der Waals surface area contributed by atoms with Crippen molar-refractivity contribution in [2.45, 2.75) is 71.8 Å². The van der Waals surface area contributed by atoms with Crippen molar-refractivity contribution in [3.8, 4) is 0 Å². The summed E-state index contributed by atoms with van der Waals surface area (Å²) in [5.41, 5.74) is 0.914. The summed E-state index contributed by atoms with van der Waals surface area (Å²) in [6.07, 6.45) is 2.19. The predicted molar refractivity (Wildman–Crippen MR) is 165 cm³/mol. The van der Waals surface area contributed by atoms with Crippen LogP contribution in [-0.2, 0) is 30.5 Å². The minimum atomic E-state index is -1.27. The summed E-state index contributed by atoms with van der Waals surface area (Å²) in [6.45, 7) is 8.33. The number of carboxylic acids is 1. The fraction of sp³-hybridized carbons (Fsp3) is 0.531. The van der Waals surface area contributed by atoms with E-state index in [1.807, 2.05) is 55.5 Å². The Morgan fingerprint density at radius 3 is 2.45 bits per heavy atom. The highest BCUT2D eigenvalue weighted by atomic mass is 16.6. The standard InChI is InChI=1S/C32H45N5O7/c1-22(16-32(2,3)4)14-28(38)36-26(30(40)41)18-35-29(39)21-43-25-15-24(17-34-27-12-8-9-13-33-27)37(19-25)31(42)44-20-23-10-6-5-7-11-23/h5-13,22,24-26H,14-21H2,1-4H3,(H,33,34)(H,35,39)(H,36,38)(H,40,41). The summed E-state index contributed by atoms with van der Waals surface area (Å²) < 4.78 is 11.4. The molecule has 0 aliphatic carbocycles. The van der Waals surface area contributed by atoms with Gasteiger partial charge in [0.25, 0.3) is 0 Å². The van der Waals surface area contributed by atoms with Crippen LogP contribution in [-0.4, -0.2) is 83.3 Å². The fourth-order valence-corrected chi connectivity index (χ4v) is 5.25. The summed E-state index contributed by atoms with van der Waals surface area (Å²) in [6, 6.07) is 13.3. The Balaban J connectivity index is 1.49. The Bertz CT molecular complexity index is 1220. The molecule has 1 aliphatic heterocycles. The number of amides is 3. The van der Waals surface area contributed by atoms with E-state index >= 15 is 0 Å². The van der Waals surface area contributed by atoms with Gasteiger partial charge in [0.15, 0.2) is 0 Å². The number of aromatic nitrogens is 1. The highest BCUT2D eigenvalue weighted by Gasteiger charge is 2.37. The molecule has 0 saturated carbocycles. The number of likely N-dealkylation sites (tertiary alicyclic amines) is 1. The molecule has 2 aromatic rings. The maximum absolute atomic E-state index is 13.0. The van der Waals surface area contributed by atoms with Crippen molar-refractivity contribution < 1.29 is 33.8 Å². The van der Waals surface area contributed by atoms with Crippen molar-refractivity contribution in [1.82, 2.24) is 20.5 Å². The minimum Gasteiger partial charge on any atom is -0.480 e. The number of rotatable bonds is 15. The minimum absolute atomic E-state index is 0.0499. The summed E-state index contributed by atoms with van der Waals surface area (Å²) in [5.74, 6) is -1.41. The quantitative estimate of drug-likeness (QED) is 0.237. The zero-order valence-electron chi connectivity index (χ0n) is 26.0. The molecule has 240 valence electrons. The second-order valence-electron chi connectivity index (χ2n) is 12.4. The Hall–Kier alpha value is -4.19. The van der Waals surface area contributed by atoms with E-state index in [1.54, 1.807) is 11.1 Å². The molecule has 0 radical (unpaired) electrons. The molecule has 1 aliphatic rings. The van der Waals surface area contributed by atoms with Crippen LogP contribution in [0.4, 0.5) is 10.6 Å². The second kappa shape index (κ2) is 16.6. The molecule has 4 unspecified atom stereocenters. The first kappa shape index (κ1) is 34.3. The molecule has 12 heteroatoms. The molecule has 12 nitrogen and oxygen atoms in total. The van der Waals surface area contributed by atoms with Gasteiger partial charge in [-0.25, -0.2) is 14.6 Å². The van der Waals surface area contributed by atoms with E-state index in [2.05, 4.69) is 41.7 Å². The second-order valence-corrected chi connectivity index (χ2v) is 12.4. The number of anilines is 1. The Morgan fingerprint density at radius 2 is 1.80 bits per heavy atom. The van der Waals surface area contributed by atoms with Crippen molar-refractivity contribution >= 4 is 29.7 Å². The molecule has 0 bridgehead atoms. The lowest BCUT2D eigenvalue weighted by atomic mass is 9.84. The van der Waals surface area contributed by atoms with Crippen LogP contribution >= 0.6 is 0 Å². The molecule has 1 fully saturated rings. The van der Waals surface area contributed by atoms with Crippen LogP contribution in [0.5, 0.6) is 0 Å². The molecular formula is C32H45N5O7. The van der Waals surface area contributed by atoms with E-state index in [9.17, 15) is 24.3 Å². The van der Waals surface area contributed by atoms with Crippen LogP contribution in [0.1, 0.15) is 52.5 Å². The SMILES string of the molecule is CC(CC(=O)NC(CNC(=O)COC1CC(CNc2ccccn2)N(C(=O)OCc2ccccc2)C1)C(=O)O)CC(C)(C)C. The molecular weight excluding hydrogens is 566 g/mol. The third-order valence-electron chi connectivity index (χ3n) is 7.08. The first-order valence-corrected chi connectivity index (χ1v) is 14.9. The van der Waals surface area contributed by atoms with Crippen LogP contribution in [0.15, 0.2) is 54.7 Å². The van der Waals surface area contributed by atoms with E-state index in [0.717, 1.165) is 12.0 Å². The lowest BCUT2D eigenvalue weighted by Crippen LogP contribution is -2.49. The number of ether oxygens (including phenoxy) is 2. The highest BCUT2D eigenvalue weighted by Crippen LogP contribution is 2.26. The number of pyridine rings is 1. The molecule has 3 rings (SSSR count). The molecule has 0 spiro atoms. The van der Waals surface area contributed by atoms with Crippen molar-refractivity contribution in [3.63, 3.8) is 0 Å². The number of carbonyl (C=O) groups excluding carboxylic acids is 3. The van der Waals surface area contributed by atoms with Gasteiger partial charge >= 0.3 is 12.1 Å². The van der Waals surface area contributed by atoms with E-state index in [1.165, 1.54) is 0 Å². The average Bonchev–Trinajstić information content (AvgIpc) is 3.39. The smallest absolute Gasteiger partial charge is 0.410 e. The number of aliphatic carboxylic acids is 1. The van der Waals surface area contributed by atoms with E-state index < -0.39 is 30.1 Å². The van der Waals surface area contributed by atoms with E-state index in [0.29, 0.717) is 18.8 Å². The topological polar surface area (TPSA) is 159 Å². The summed E-state index contributed by atoms with van der Waals surface area (Å²) in [5, 5.41) is 17.8. The fourth-order valence-electron chi connectivity index (χ4n) is 5.25. The lowest BCUT2D eigenvalue weighted by Gasteiger charge is -2.24. The van der Waals surface area contributed by atoms with Gasteiger partial charge in [0.2, 0.25) is 11.8 Å². The van der Waals surface area contributed by atoms with Crippen molar-refractivity contribution in [3.05, 3.63) is 60.3 Å². The number of nitrogens with zero attached hydrogens (tertiary/aromatic N) is 2. The molecule has 1 aromatic heterocycles.